The molecule has 160 valence electrons. The molecular weight excluding hydrogens is 506 g/mol. The Balaban J connectivity index is 1.93. The van der Waals surface area contributed by atoms with E-state index in [1.165, 1.54) is 43.3 Å². The van der Waals surface area contributed by atoms with Gasteiger partial charge in [0.1, 0.15) is 11.4 Å². The molecule has 0 radical (unpaired) electrons. The van der Waals surface area contributed by atoms with E-state index >= 15 is 0 Å². The van der Waals surface area contributed by atoms with E-state index in [1.807, 2.05) is 4.72 Å². The zero-order valence-corrected chi connectivity index (χ0v) is 18.5. The smallest absolute Gasteiger partial charge is 0.321 e. The Hall–Kier alpha value is -2.54. The van der Waals surface area contributed by atoms with Crippen molar-refractivity contribution >= 4 is 60.8 Å². The van der Waals surface area contributed by atoms with Crippen LogP contribution < -0.4 is 10.0 Å². The van der Waals surface area contributed by atoms with Gasteiger partial charge in [0.05, 0.1) is 9.95 Å². The fraction of sp³-hybridized carbons (Fsp3) is 0.176. The summed E-state index contributed by atoms with van der Waals surface area (Å²) in [6.07, 6.45) is -1.28. The number of nitrogens with zero attached hydrogens (tertiary/aromatic N) is 1. The normalized spacial score (nSPS) is 12.1. The predicted molar refractivity (Wildman–Crippen MR) is 112 cm³/mol. The number of ether oxygens (including phenoxy) is 1. The van der Waals surface area contributed by atoms with Gasteiger partial charge in [0.2, 0.25) is 10.0 Å². The fourth-order valence-corrected chi connectivity index (χ4v) is 4.16. The SMILES string of the molecule is CC(OC(=O)CNS(=O)(=O)c1ccc(Br)cc1Cl)C(=O)Nc1cccc([N+](=O)[O-])c1. The number of hydrogen-bond donors (Lipinski definition) is 2. The second-order valence-electron chi connectivity index (χ2n) is 5.83. The standard InChI is InChI=1S/C17H15BrClN3O7S/c1-10(17(24)21-12-3-2-4-13(8-12)22(25)26)29-16(23)9-20-30(27,28)15-6-5-11(18)7-14(15)19/h2-8,10,20H,9H2,1H3,(H,21,24). The molecule has 0 aliphatic carbocycles. The Morgan fingerprint density at radius 3 is 2.60 bits per heavy atom. The summed E-state index contributed by atoms with van der Waals surface area (Å²) >= 11 is 9.06. The lowest BCUT2D eigenvalue weighted by Gasteiger charge is -2.14. The number of carbonyl (C=O) groups excluding carboxylic acids is 2. The van der Waals surface area contributed by atoms with Crippen molar-refractivity contribution in [2.45, 2.75) is 17.9 Å². The number of hydrogen-bond acceptors (Lipinski definition) is 7. The average Bonchev–Trinajstić information content (AvgIpc) is 2.66. The van der Waals surface area contributed by atoms with E-state index in [4.69, 9.17) is 16.3 Å². The maximum Gasteiger partial charge on any atom is 0.321 e. The number of carbonyl (C=O) groups is 2. The minimum atomic E-state index is -4.09. The van der Waals surface area contributed by atoms with E-state index in [2.05, 4.69) is 21.2 Å². The molecule has 2 aromatic rings. The number of nitro groups is 1. The van der Waals surface area contributed by atoms with Crippen molar-refractivity contribution in [2.75, 3.05) is 11.9 Å². The van der Waals surface area contributed by atoms with Crippen LogP contribution >= 0.6 is 27.5 Å². The number of nitrogens with one attached hydrogen (secondary N) is 2. The van der Waals surface area contributed by atoms with Crippen LogP contribution in [0, 0.1) is 10.1 Å². The molecule has 30 heavy (non-hydrogen) atoms. The average molecular weight is 521 g/mol. The van der Waals surface area contributed by atoms with E-state index < -0.39 is 39.5 Å². The van der Waals surface area contributed by atoms with E-state index in [9.17, 15) is 28.1 Å². The summed E-state index contributed by atoms with van der Waals surface area (Å²) in [7, 11) is -4.09. The van der Waals surface area contributed by atoms with E-state index in [1.54, 1.807) is 0 Å². The Bertz CT molecular complexity index is 1090. The number of nitro benzene ring substituents is 1. The third-order valence-electron chi connectivity index (χ3n) is 3.59. The van der Waals surface area contributed by atoms with Gasteiger partial charge >= 0.3 is 5.97 Å². The molecule has 0 spiro atoms. The number of halogens is 2. The first-order valence-corrected chi connectivity index (χ1v) is 10.8. The number of anilines is 1. The maximum absolute atomic E-state index is 12.3. The summed E-state index contributed by atoms with van der Waals surface area (Å²) in [6, 6.07) is 9.32. The summed E-state index contributed by atoms with van der Waals surface area (Å²) in [4.78, 5) is 33.9. The number of sulfonamides is 1. The molecule has 0 heterocycles. The first kappa shape index (κ1) is 23.7. The van der Waals surface area contributed by atoms with Gasteiger partial charge in [-0.2, -0.15) is 4.72 Å². The van der Waals surface area contributed by atoms with Gasteiger partial charge < -0.3 is 10.1 Å². The van der Waals surface area contributed by atoms with Crippen LogP contribution in [0.1, 0.15) is 6.92 Å². The molecule has 10 nitrogen and oxygen atoms in total. The summed E-state index contributed by atoms with van der Waals surface area (Å²) in [5.74, 6) is -1.75. The van der Waals surface area contributed by atoms with Crippen LogP contribution in [0.3, 0.4) is 0 Å². The van der Waals surface area contributed by atoms with E-state index in [0.717, 1.165) is 6.07 Å². The summed E-state index contributed by atoms with van der Waals surface area (Å²) < 4.78 is 32.0. The predicted octanol–water partition coefficient (Wildman–Crippen LogP) is 2.86. The second kappa shape index (κ2) is 9.98. The van der Waals surface area contributed by atoms with Gasteiger partial charge in [-0.05, 0) is 31.2 Å². The van der Waals surface area contributed by atoms with E-state index in [0.29, 0.717) is 4.47 Å². The van der Waals surface area contributed by atoms with Crippen molar-refractivity contribution in [3.05, 3.63) is 62.1 Å². The highest BCUT2D eigenvalue weighted by Crippen LogP contribution is 2.25. The quantitative estimate of drug-likeness (QED) is 0.309. The highest BCUT2D eigenvalue weighted by Gasteiger charge is 2.22. The molecule has 2 rings (SSSR count). The van der Waals surface area contributed by atoms with Crippen molar-refractivity contribution < 1.29 is 27.7 Å². The number of amides is 1. The minimum Gasteiger partial charge on any atom is -0.452 e. The molecular formula is C17H15BrClN3O7S. The topological polar surface area (TPSA) is 145 Å². The Morgan fingerprint density at radius 1 is 1.27 bits per heavy atom. The molecule has 1 unspecified atom stereocenters. The zero-order chi connectivity index (χ0) is 22.5. The lowest BCUT2D eigenvalue weighted by atomic mass is 10.2. The van der Waals surface area contributed by atoms with Crippen molar-refractivity contribution in [1.82, 2.24) is 4.72 Å². The van der Waals surface area contributed by atoms with Gasteiger partial charge in [-0.1, -0.05) is 33.6 Å². The molecule has 0 aliphatic heterocycles. The van der Waals surface area contributed by atoms with Gasteiger partial charge in [0.15, 0.2) is 6.10 Å². The monoisotopic (exact) mass is 519 g/mol. The highest BCUT2D eigenvalue weighted by molar-refractivity contribution is 9.10. The number of rotatable bonds is 8. The minimum absolute atomic E-state index is 0.0463. The molecule has 2 N–H and O–H groups in total. The van der Waals surface area contributed by atoms with Crippen molar-refractivity contribution in [3.63, 3.8) is 0 Å². The molecule has 2 aromatic carbocycles. The molecule has 13 heteroatoms. The molecule has 0 aliphatic rings. The van der Waals surface area contributed by atoms with Crippen LogP contribution in [0.5, 0.6) is 0 Å². The fourth-order valence-electron chi connectivity index (χ4n) is 2.16. The van der Waals surface area contributed by atoms with E-state index in [-0.39, 0.29) is 21.3 Å². The van der Waals surface area contributed by atoms with Crippen molar-refractivity contribution in [2.24, 2.45) is 0 Å². The van der Waals surface area contributed by atoms with Crippen molar-refractivity contribution in [1.29, 1.82) is 0 Å². The van der Waals surface area contributed by atoms with Crippen LogP contribution in [-0.2, 0) is 24.3 Å². The van der Waals surface area contributed by atoms with Gasteiger partial charge in [-0.15, -0.1) is 0 Å². The summed E-state index contributed by atoms with van der Waals surface area (Å²) in [6.45, 7) is 0.536. The lowest BCUT2D eigenvalue weighted by Crippen LogP contribution is -2.35. The maximum atomic E-state index is 12.3. The molecule has 0 fully saturated rings. The van der Waals surface area contributed by atoms with Crippen LogP contribution in [-0.4, -0.2) is 37.9 Å². The first-order valence-electron chi connectivity index (χ1n) is 8.19. The zero-order valence-electron chi connectivity index (χ0n) is 15.3. The van der Waals surface area contributed by atoms with Crippen LogP contribution in [0.2, 0.25) is 5.02 Å². The molecule has 1 amide bonds. The molecule has 1 atom stereocenters. The van der Waals surface area contributed by atoms with Gasteiger partial charge in [0, 0.05) is 22.3 Å². The second-order valence-corrected chi connectivity index (χ2v) is 8.89. The molecule has 0 aromatic heterocycles. The number of benzene rings is 2. The highest BCUT2D eigenvalue weighted by atomic mass is 79.9. The van der Waals surface area contributed by atoms with Crippen LogP contribution in [0.25, 0.3) is 0 Å². The van der Waals surface area contributed by atoms with Gasteiger partial charge in [-0.25, -0.2) is 8.42 Å². The first-order chi connectivity index (χ1) is 14.0. The third-order valence-corrected chi connectivity index (χ3v) is 5.97. The Labute approximate surface area is 184 Å². The molecule has 0 bridgehead atoms. The largest absolute Gasteiger partial charge is 0.452 e. The van der Waals surface area contributed by atoms with Crippen LogP contribution in [0.15, 0.2) is 51.8 Å². The Kier molecular flexibility index (Phi) is 7.89. The lowest BCUT2D eigenvalue weighted by molar-refractivity contribution is -0.384. The molecule has 0 saturated carbocycles. The molecule has 0 saturated heterocycles. The van der Waals surface area contributed by atoms with Gasteiger partial charge in [0.25, 0.3) is 11.6 Å². The summed E-state index contributed by atoms with van der Waals surface area (Å²) in [5.41, 5.74) is -0.0823. The van der Waals surface area contributed by atoms with Crippen LogP contribution in [0.4, 0.5) is 11.4 Å². The van der Waals surface area contributed by atoms with Crippen molar-refractivity contribution in [3.8, 4) is 0 Å². The summed E-state index contributed by atoms with van der Waals surface area (Å²) in [5, 5.41) is 13.1. The number of non-ortho nitro benzene ring substituents is 1. The van der Waals surface area contributed by atoms with Gasteiger partial charge in [-0.3, -0.25) is 19.7 Å². The third kappa shape index (κ3) is 6.49. The number of esters is 1. The Morgan fingerprint density at radius 2 is 1.97 bits per heavy atom.